The molecule has 6 heteroatoms. The van der Waals surface area contributed by atoms with E-state index in [9.17, 15) is 9.59 Å². The van der Waals surface area contributed by atoms with Crippen LogP contribution in [0.1, 0.15) is 12.0 Å². The SMILES string of the molecule is CSCCC(NC(=O)OCc1ccccc1)C(=O)CBr. The summed E-state index contributed by atoms with van der Waals surface area (Å²) in [4.78, 5) is 23.4. The van der Waals surface area contributed by atoms with Crippen LogP contribution in [0.2, 0.25) is 0 Å². The van der Waals surface area contributed by atoms with Crippen LogP contribution in [-0.4, -0.2) is 35.3 Å². The number of carbonyl (C=O) groups excluding carboxylic acids is 2. The molecule has 4 nitrogen and oxygen atoms in total. The molecule has 110 valence electrons. The van der Waals surface area contributed by atoms with Crippen molar-refractivity contribution in [2.45, 2.75) is 19.1 Å². The predicted molar refractivity (Wildman–Crippen MR) is 85.4 cm³/mol. The van der Waals surface area contributed by atoms with E-state index in [1.807, 2.05) is 36.6 Å². The minimum atomic E-state index is -0.561. The molecule has 1 atom stereocenters. The van der Waals surface area contributed by atoms with E-state index >= 15 is 0 Å². The molecule has 0 aliphatic heterocycles. The Morgan fingerprint density at radius 2 is 2.05 bits per heavy atom. The van der Waals surface area contributed by atoms with Crippen LogP contribution < -0.4 is 5.32 Å². The van der Waals surface area contributed by atoms with Crippen LogP contribution in [0.5, 0.6) is 0 Å². The highest BCUT2D eigenvalue weighted by atomic mass is 79.9. The first kappa shape index (κ1) is 17.0. The Kier molecular flexibility index (Phi) is 8.37. The number of thioether (sulfide) groups is 1. The zero-order valence-corrected chi connectivity index (χ0v) is 13.7. The van der Waals surface area contributed by atoms with Gasteiger partial charge in [-0.15, -0.1) is 0 Å². The number of hydrogen-bond acceptors (Lipinski definition) is 4. The van der Waals surface area contributed by atoms with Crippen LogP contribution in [0, 0.1) is 0 Å². The molecular weight excluding hydrogens is 342 g/mol. The van der Waals surface area contributed by atoms with E-state index in [0.717, 1.165) is 11.3 Å². The molecule has 1 aromatic carbocycles. The Morgan fingerprint density at radius 1 is 1.35 bits per heavy atom. The fourth-order valence-corrected chi connectivity index (χ4v) is 2.41. The fourth-order valence-electron chi connectivity index (χ4n) is 1.55. The van der Waals surface area contributed by atoms with Crippen molar-refractivity contribution in [3.63, 3.8) is 0 Å². The number of benzene rings is 1. The van der Waals surface area contributed by atoms with Crippen molar-refractivity contribution in [3.8, 4) is 0 Å². The average Bonchev–Trinajstić information content (AvgIpc) is 2.49. The lowest BCUT2D eigenvalue weighted by Gasteiger charge is -2.16. The number of hydrogen-bond donors (Lipinski definition) is 1. The van der Waals surface area contributed by atoms with Crippen molar-refractivity contribution < 1.29 is 14.3 Å². The molecule has 0 aliphatic rings. The molecular formula is C14H18BrNO3S. The number of alkyl halides is 1. The number of ether oxygens (including phenoxy) is 1. The van der Waals surface area contributed by atoms with E-state index in [4.69, 9.17) is 4.74 Å². The Balaban J connectivity index is 2.43. The number of alkyl carbamates (subject to hydrolysis) is 1. The van der Waals surface area contributed by atoms with E-state index in [2.05, 4.69) is 21.2 Å². The van der Waals surface area contributed by atoms with Crippen molar-refractivity contribution in [3.05, 3.63) is 35.9 Å². The van der Waals surface area contributed by atoms with E-state index in [1.54, 1.807) is 11.8 Å². The Bertz CT molecular complexity index is 428. The Morgan fingerprint density at radius 3 is 2.65 bits per heavy atom. The molecule has 1 N–H and O–H groups in total. The lowest BCUT2D eigenvalue weighted by atomic mass is 10.1. The van der Waals surface area contributed by atoms with Gasteiger partial charge < -0.3 is 10.1 Å². The van der Waals surface area contributed by atoms with Crippen LogP contribution >= 0.6 is 27.7 Å². The highest BCUT2D eigenvalue weighted by molar-refractivity contribution is 9.09. The van der Waals surface area contributed by atoms with E-state index in [0.29, 0.717) is 6.42 Å². The summed E-state index contributed by atoms with van der Waals surface area (Å²) in [5.41, 5.74) is 0.912. The van der Waals surface area contributed by atoms with Gasteiger partial charge in [-0.3, -0.25) is 4.79 Å². The first-order valence-electron chi connectivity index (χ1n) is 6.22. The van der Waals surface area contributed by atoms with Gasteiger partial charge in [-0.1, -0.05) is 46.3 Å². The molecule has 1 unspecified atom stereocenters. The summed E-state index contributed by atoms with van der Waals surface area (Å²) in [6.45, 7) is 0.199. The molecule has 1 amide bonds. The van der Waals surface area contributed by atoms with E-state index in [-0.39, 0.29) is 17.7 Å². The first-order valence-corrected chi connectivity index (χ1v) is 8.73. The largest absolute Gasteiger partial charge is 0.445 e. The number of halogens is 1. The second-order valence-electron chi connectivity index (χ2n) is 4.14. The number of rotatable bonds is 8. The van der Waals surface area contributed by atoms with Gasteiger partial charge in [0.15, 0.2) is 5.78 Å². The standard InChI is InChI=1S/C14H18BrNO3S/c1-20-8-7-12(13(17)9-15)16-14(18)19-10-11-5-3-2-4-6-11/h2-6,12H,7-10H2,1H3,(H,16,18). The molecule has 0 bridgehead atoms. The van der Waals surface area contributed by atoms with Gasteiger partial charge >= 0.3 is 6.09 Å². The molecule has 0 saturated heterocycles. The second-order valence-corrected chi connectivity index (χ2v) is 5.69. The maximum atomic E-state index is 11.7. The van der Waals surface area contributed by atoms with Crippen molar-refractivity contribution in [1.82, 2.24) is 5.32 Å². The molecule has 0 heterocycles. The van der Waals surface area contributed by atoms with Gasteiger partial charge in [-0.25, -0.2) is 4.79 Å². The topological polar surface area (TPSA) is 55.4 Å². The maximum absolute atomic E-state index is 11.7. The van der Waals surface area contributed by atoms with Crippen LogP contribution in [0.15, 0.2) is 30.3 Å². The normalized spacial score (nSPS) is 11.7. The van der Waals surface area contributed by atoms with Crippen LogP contribution in [0.3, 0.4) is 0 Å². The van der Waals surface area contributed by atoms with Crippen molar-refractivity contribution >= 4 is 39.6 Å². The zero-order valence-electron chi connectivity index (χ0n) is 11.3. The highest BCUT2D eigenvalue weighted by Gasteiger charge is 2.19. The van der Waals surface area contributed by atoms with Gasteiger partial charge in [0.25, 0.3) is 0 Å². The summed E-state index contributed by atoms with van der Waals surface area (Å²) in [7, 11) is 0. The van der Waals surface area contributed by atoms with Crippen molar-refractivity contribution in [2.75, 3.05) is 17.3 Å². The maximum Gasteiger partial charge on any atom is 0.408 e. The molecule has 0 aliphatic carbocycles. The molecule has 0 spiro atoms. The average molecular weight is 360 g/mol. The van der Waals surface area contributed by atoms with Crippen LogP contribution in [0.4, 0.5) is 4.79 Å². The van der Waals surface area contributed by atoms with Crippen molar-refractivity contribution in [2.24, 2.45) is 0 Å². The monoisotopic (exact) mass is 359 g/mol. The van der Waals surface area contributed by atoms with Crippen LogP contribution in [-0.2, 0) is 16.1 Å². The van der Waals surface area contributed by atoms with E-state index in [1.165, 1.54) is 0 Å². The number of carbonyl (C=O) groups is 2. The summed E-state index contributed by atoms with van der Waals surface area (Å²) in [5.74, 6) is 0.762. The van der Waals surface area contributed by atoms with Gasteiger partial charge in [0.1, 0.15) is 6.61 Å². The first-order chi connectivity index (χ1) is 9.67. The van der Waals surface area contributed by atoms with Crippen molar-refractivity contribution in [1.29, 1.82) is 0 Å². The number of ketones is 1. The molecule has 1 aromatic rings. The minimum Gasteiger partial charge on any atom is -0.445 e. The van der Waals surface area contributed by atoms with Crippen LogP contribution in [0.25, 0.3) is 0 Å². The second kappa shape index (κ2) is 9.83. The summed E-state index contributed by atoms with van der Waals surface area (Å²) < 4.78 is 5.11. The summed E-state index contributed by atoms with van der Waals surface area (Å²) in [6.07, 6.45) is 2.00. The quantitative estimate of drug-likeness (QED) is 0.724. The minimum absolute atomic E-state index is 0.0456. The molecule has 0 radical (unpaired) electrons. The Labute approximate surface area is 131 Å². The lowest BCUT2D eigenvalue weighted by molar-refractivity contribution is -0.118. The number of Topliss-reactive ketones (excluding diaryl/α,β-unsaturated/α-hetero) is 1. The molecule has 1 rings (SSSR count). The summed E-state index contributed by atoms with van der Waals surface area (Å²) in [5, 5.41) is 2.85. The molecule has 20 heavy (non-hydrogen) atoms. The molecule has 0 fully saturated rings. The van der Waals surface area contributed by atoms with Gasteiger partial charge in [0, 0.05) is 0 Å². The van der Waals surface area contributed by atoms with Gasteiger partial charge in [0.05, 0.1) is 11.4 Å². The van der Waals surface area contributed by atoms with Gasteiger partial charge in [-0.05, 0) is 24.0 Å². The third kappa shape index (κ3) is 6.43. The third-order valence-corrected chi connectivity index (χ3v) is 3.83. The third-order valence-electron chi connectivity index (χ3n) is 2.64. The Hall–Kier alpha value is -1.01. The summed E-state index contributed by atoms with van der Waals surface area (Å²) >= 11 is 4.76. The number of nitrogens with one attached hydrogen (secondary N) is 1. The molecule has 0 saturated carbocycles. The molecule has 0 aromatic heterocycles. The van der Waals surface area contributed by atoms with E-state index < -0.39 is 12.1 Å². The van der Waals surface area contributed by atoms with Gasteiger partial charge in [-0.2, -0.15) is 11.8 Å². The highest BCUT2D eigenvalue weighted by Crippen LogP contribution is 2.05. The fraction of sp³-hybridized carbons (Fsp3) is 0.429. The zero-order chi connectivity index (χ0) is 14.8. The van der Waals surface area contributed by atoms with Gasteiger partial charge in [0.2, 0.25) is 0 Å². The number of amides is 1. The predicted octanol–water partition coefficient (Wildman–Crippen LogP) is 3.00. The summed E-state index contributed by atoms with van der Waals surface area (Å²) in [6, 6.07) is 8.92. The lowest BCUT2D eigenvalue weighted by Crippen LogP contribution is -2.42. The smallest absolute Gasteiger partial charge is 0.408 e.